The van der Waals surface area contributed by atoms with Gasteiger partial charge in [-0.15, -0.1) is 0 Å². The molecule has 1 aliphatic heterocycles. The van der Waals surface area contributed by atoms with Crippen LogP contribution in [0.1, 0.15) is 6.92 Å². The Morgan fingerprint density at radius 3 is 2.82 bits per heavy atom. The quantitative estimate of drug-likeness (QED) is 0.857. The van der Waals surface area contributed by atoms with Gasteiger partial charge in [0.15, 0.2) is 5.82 Å². The van der Waals surface area contributed by atoms with E-state index in [9.17, 15) is 0 Å². The van der Waals surface area contributed by atoms with Gasteiger partial charge in [-0.05, 0) is 25.1 Å². The summed E-state index contributed by atoms with van der Waals surface area (Å²) < 4.78 is 0. The number of hydrogen-bond acceptors (Lipinski definition) is 5. The predicted molar refractivity (Wildman–Crippen MR) is 92.3 cm³/mol. The fourth-order valence-electron chi connectivity index (χ4n) is 1.98. The van der Waals surface area contributed by atoms with E-state index in [-0.39, 0.29) is 0 Å². The summed E-state index contributed by atoms with van der Waals surface area (Å²) in [4.78, 5) is 11.8. The van der Waals surface area contributed by atoms with Crippen LogP contribution in [-0.2, 0) is 0 Å². The van der Waals surface area contributed by atoms with E-state index >= 15 is 0 Å². The van der Waals surface area contributed by atoms with Crippen LogP contribution in [0, 0.1) is 0 Å². The maximum atomic E-state index is 6.19. The molecule has 0 fully saturated rings. The molecular formula is C16H15ClN4S. The Balaban J connectivity index is 1.75. The Morgan fingerprint density at radius 1 is 1.27 bits per heavy atom. The summed E-state index contributed by atoms with van der Waals surface area (Å²) in [7, 11) is 0. The highest BCUT2D eigenvalue weighted by molar-refractivity contribution is 7.99. The number of anilines is 2. The highest BCUT2D eigenvalue weighted by atomic mass is 35.5. The second-order valence-corrected chi connectivity index (χ2v) is 6.33. The summed E-state index contributed by atoms with van der Waals surface area (Å²) in [6.45, 7) is 2.89. The highest BCUT2D eigenvalue weighted by Gasteiger charge is 2.10. The van der Waals surface area contributed by atoms with Gasteiger partial charge in [0.05, 0.1) is 23.1 Å². The average Bonchev–Trinajstić information content (AvgIpc) is 2.53. The molecule has 0 aliphatic carbocycles. The van der Waals surface area contributed by atoms with E-state index < -0.39 is 0 Å². The van der Waals surface area contributed by atoms with Gasteiger partial charge in [-0.25, -0.2) is 9.97 Å². The number of nitrogen functional groups attached to an aromatic ring is 1. The molecule has 2 N–H and O–H groups in total. The molecule has 0 saturated carbocycles. The molecule has 2 heterocycles. The molecule has 1 aliphatic rings. The third-order valence-corrected chi connectivity index (χ3v) is 4.76. The van der Waals surface area contributed by atoms with Gasteiger partial charge in [0.1, 0.15) is 5.03 Å². The molecule has 0 bridgehead atoms. The lowest BCUT2D eigenvalue weighted by Gasteiger charge is -2.20. The van der Waals surface area contributed by atoms with E-state index in [1.807, 2.05) is 23.2 Å². The van der Waals surface area contributed by atoms with Crippen molar-refractivity contribution in [2.75, 3.05) is 17.2 Å². The molecule has 3 rings (SSSR count). The Morgan fingerprint density at radius 2 is 2.14 bits per heavy atom. The molecule has 112 valence electrons. The van der Waals surface area contributed by atoms with Gasteiger partial charge in [0, 0.05) is 17.6 Å². The number of nitrogens with zero attached hydrogens (tertiary/aromatic N) is 3. The Kier molecular flexibility index (Phi) is 4.36. The fraction of sp³-hybridized carbons (Fsp3) is 0.125. The minimum atomic E-state index is 0.554. The lowest BCUT2D eigenvalue weighted by Crippen LogP contribution is -2.19. The van der Waals surface area contributed by atoms with Crippen molar-refractivity contribution < 1.29 is 0 Å². The first-order chi connectivity index (χ1) is 10.6. The normalized spacial score (nSPS) is 14.1. The van der Waals surface area contributed by atoms with Crippen LogP contribution in [0.4, 0.5) is 11.5 Å². The van der Waals surface area contributed by atoms with Crippen molar-refractivity contribution in [2.24, 2.45) is 0 Å². The minimum Gasteiger partial charge on any atom is -0.397 e. The Bertz CT molecular complexity index is 740. The third kappa shape index (κ3) is 3.26. The molecule has 1 aromatic carbocycles. The first-order valence-electron chi connectivity index (χ1n) is 6.79. The van der Waals surface area contributed by atoms with Crippen LogP contribution in [-0.4, -0.2) is 16.5 Å². The second-order valence-electron chi connectivity index (χ2n) is 4.89. The zero-order chi connectivity index (χ0) is 15.5. The van der Waals surface area contributed by atoms with Crippen molar-refractivity contribution >= 4 is 34.9 Å². The van der Waals surface area contributed by atoms with Crippen LogP contribution in [0.15, 0.2) is 64.4 Å². The summed E-state index contributed by atoms with van der Waals surface area (Å²) in [6.07, 6.45) is 9.73. The zero-order valence-corrected chi connectivity index (χ0v) is 13.6. The van der Waals surface area contributed by atoms with Gasteiger partial charge in [0.25, 0.3) is 0 Å². The number of hydrogen-bond donors (Lipinski definition) is 1. The molecule has 4 nitrogen and oxygen atoms in total. The predicted octanol–water partition coefficient (Wildman–Crippen LogP) is 4.14. The molecule has 0 atom stereocenters. The minimum absolute atomic E-state index is 0.554. The Labute approximate surface area is 138 Å². The van der Waals surface area contributed by atoms with E-state index in [4.69, 9.17) is 17.3 Å². The first-order valence-corrected chi connectivity index (χ1v) is 7.98. The highest BCUT2D eigenvalue weighted by Crippen LogP contribution is 2.35. The van der Waals surface area contributed by atoms with Gasteiger partial charge in [0.2, 0.25) is 0 Å². The molecule has 0 radical (unpaired) electrons. The van der Waals surface area contributed by atoms with Gasteiger partial charge >= 0.3 is 0 Å². The molecule has 6 heteroatoms. The van der Waals surface area contributed by atoms with Crippen LogP contribution < -0.4 is 10.6 Å². The van der Waals surface area contributed by atoms with Gasteiger partial charge < -0.3 is 10.6 Å². The summed E-state index contributed by atoms with van der Waals surface area (Å²) in [5.41, 5.74) is 7.63. The molecule has 2 aromatic rings. The second kappa shape index (κ2) is 6.42. The molecule has 1 aromatic heterocycles. The molecule has 22 heavy (non-hydrogen) atoms. The monoisotopic (exact) mass is 330 g/mol. The number of rotatable bonds is 3. The smallest absolute Gasteiger partial charge is 0.151 e. The van der Waals surface area contributed by atoms with Crippen LogP contribution in [0.3, 0.4) is 0 Å². The SMILES string of the molecule is CC1=CCN(c2cnc(Sc3cccc(N)c3Cl)cn2)C=C1. The average molecular weight is 331 g/mol. The maximum absolute atomic E-state index is 6.19. The summed E-state index contributed by atoms with van der Waals surface area (Å²) >= 11 is 7.64. The number of benzene rings is 1. The Hall–Kier alpha value is -1.98. The molecule has 0 saturated heterocycles. The van der Waals surface area contributed by atoms with E-state index in [1.54, 1.807) is 18.5 Å². The number of nitrogens with two attached hydrogens (primary N) is 1. The summed E-state index contributed by atoms with van der Waals surface area (Å²) in [6, 6.07) is 5.57. The summed E-state index contributed by atoms with van der Waals surface area (Å²) in [5.74, 6) is 0.822. The van der Waals surface area contributed by atoms with Crippen LogP contribution in [0.5, 0.6) is 0 Å². The lowest BCUT2D eigenvalue weighted by molar-refractivity contribution is 0.964. The van der Waals surface area contributed by atoms with Crippen LogP contribution in [0.2, 0.25) is 5.02 Å². The summed E-state index contributed by atoms with van der Waals surface area (Å²) in [5, 5.41) is 1.34. The fourth-order valence-corrected chi connectivity index (χ4v) is 3.01. The van der Waals surface area contributed by atoms with Gasteiger partial charge in [-0.1, -0.05) is 41.1 Å². The van der Waals surface area contributed by atoms with Crippen molar-refractivity contribution in [3.63, 3.8) is 0 Å². The third-order valence-electron chi connectivity index (χ3n) is 3.24. The topological polar surface area (TPSA) is 55.0 Å². The maximum Gasteiger partial charge on any atom is 0.151 e. The van der Waals surface area contributed by atoms with Gasteiger partial charge in [-0.3, -0.25) is 0 Å². The van der Waals surface area contributed by atoms with Crippen molar-refractivity contribution in [1.29, 1.82) is 0 Å². The van der Waals surface area contributed by atoms with Crippen LogP contribution >= 0.6 is 23.4 Å². The van der Waals surface area contributed by atoms with E-state index in [0.29, 0.717) is 10.7 Å². The van der Waals surface area contributed by atoms with Gasteiger partial charge in [-0.2, -0.15) is 0 Å². The van der Waals surface area contributed by atoms with Crippen molar-refractivity contribution in [2.45, 2.75) is 16.8 Å². The number of aromatic nitrogens is 2. The lowest BCUT2D eigenvalue weighted by atomic mass is 10.2. The number of halogens is 1. The van der Waals surface area contributed by atoms with Crippen LogP contribution in [0.25, 0.3) is 0 Å². The first kappa shape index (κ1) is 14.9. The zero-order valence-electron chi connectivity index (χ0n) is 12.0. The molecule has 0 unspecified atom stereocenters. The molecular weight excluding hydrogens is 316 g/mol. The van der Waals surface area contributed by atoms with E-state index in [0.717, 1.165) is 22.3 Å². The molecule has 0 amide bonds. The largest absolute Gasteiger partial charge is 0.397 e. The molecule has 0 spiro atoms. The number of allylic oxidation sites excluding steroid dienone is 2. The van der Waals surface area contributed by atoms with Crippen molar-refractivity contribution in [3.05, 3.63) is 59.5 Å². The van der Waals surface area contributed by atoms with E-state index in [1.165, 1.54) is 17.3 Å². The van der Waals surface area contributed by atoms with Crippen molar-refractivity contribution in [3.8, 4) is 0 Å². The standard InChI is InChI=1S/C16H15ClN4S/c1-11-5-7-21(8-6-11)14-9-20-15(10-19-14)22-13-4-2-3-12(18)16(13)17/h2-7,9-10H,8,18H2,1H3. The van der Waals surface area contributed by atoms with E-state index in [2.05, 4.69) is 29.0 Å². The van der Waals surface area contributed by atoms with Crippen molar-refractivity contribution in [1.82, 2.24) is 9.97 Å².